The molecule has 3 N–H and O–H groups in total. The first-order chi connectivity index (χ1) is 35.6. The Morgan fingerprint density at radius 2 is 0.895 bits per heavy atom. The topological polar surface area (TPSA) is 221 Å². The molecule has 0 aromatic heterocycles. The number of hydrogen-bond donors (Lipinski definition) is 2. The summed E-state index contributed by atoms with van der Waals surface area (Å²) >= 11 is 9.14. The van der Waals surface area contributed by atoms with Crippen LogP contribution in [-0.4, -0.2) is 175 Å². The van der Waals surface area contributed by atoms with Crippen molar-refractivity contribution in [1.82, 2.24) is 40.0 Å². The van der Waals surface area contributed by atoms with Crippen LogP contribution in [0.3, 0.4) is 0 Å². The SMILES string of the molecule is CC.CC1=C(/C=C2\CCN(C)C2=O)CSC2C([NH-])C(=O)N12.CCC(=O)N[C@@H]1C(=O)N2C(C)=C(/C=C3\CCN(C)C3=O)CS[C@H]12.CCC(C)=O.CCCC(=O)N[C@@H]1C(=O)N2C(C)=C(/C=C3\CCN(C)C3=O)CS[C@H]12.II.[Rf]. The molecule has 2 unspecified atom stereocenters. The Hall–Kier alpha value is -4.66. The number of allylic oxidation sites excluding steroid dienone is 6. The van der Waals surface area contributed by atoms with Crippen molar-refractivity contribution in [3.05, 3.63) is 74.5 Å². The van der Waals surface area contributed by atoms with Crippen molar-refractivity contribution in [1.29, 1.82) is 0 Å². The molecular formula is C52H74I2N9O9RfS3-. The fourth-order valence-corrected chi connectivity index (χ4v) is 13.2. The van der Waals surface area contributed by atoms with Crippen LogP contribution in [0.15, 0.2) is 68.8 Å². The van der Waals surface area contributed by atoms with Gasteiger partial charge in [-0.3, -0.25) is 48.2 Å². The van der Waals surface area contributed by atoms with Crippen LogP contribution in [0.4, 0.5) is 0 Å². The van der Waals surface area contributed by atoms with E-state index >= 15 is 0 Å². The maximum Gasteiger partial charge on any atom is 0.253 e. The third-order valence-corrected chi connectivity index (χ3v) is 17.7. The summed E-state index contributed by atoms with van der Waals surface area (Å²) in [5, 5.41) is 5.54. The minimum atomic E-state index is -0.617. The van der Waals surface area contributed by atoms with Crippen LogP contribution < -0.4 is 10.6 Å². The average Bonchev–Trinajstić information content (AvgIpc) is 4.03. The van der Waals surface area contributed by atoms with E-state index in [2.05, 4.69) is 47.9 Å². The van der Waals surface area contributed by atoms with Crippen LogP contribution in [0, 0.1) is 0 Å². The number of carbonyl (C=O) groups excluding carboxylic acids is 9. The number of nitrogens with zero attached hydrogens (tertiary/aromatic N) is 6. The van der Waals surface area contributed by atoms with Crippen LogP contribution in [0.5, 0.6) is 0 Å². The predicted molar refractivity (Wildman–Crippen MR) is 316 cm³/mol. The molecule has 0 aromatic rings. The number of halogens is 2. The number of fused-ring (bicyclic) bond motifs is 3. The standard InChI is InChI=1S/C17H23N3O3S.C16H21N3O3S.C13H16N3O2S.C4H8O.C2H6.I2.Rf/c1-4-5-13(21)18-14-16(23)20-10(2)12(9-24-17(14)20)8-11-6-7-19(3)15(11)22;1-4-12(20)17-13-15(22)19-9(2)11(8-23-16(13)19)7-10-5-6-18(3)14(10)21;1-7-9(5-8-3-4-15(2)11(8)17)6-19-13-10(14)12(18)16(7)13;1-3-4(2)5;2*1-2;/h8,14,17H,4-7,9H2,1-3H3,(H,18,21);7,13,16H,4-6,8H2,1-3H3,(H,17,20);5,10,13-14H,3-4,6H2,1-2H3;3H2,1-2H3;1-2H3;;/q;;-1;;;;/b11-8+;10-7+;8-5+;;;;/t14-,17-;13-,16-;;;;;/m11...../s1. The van der Waals surface area contributed by atoms with Crippen LogP contribution in [0.1, 0.15) is 107 Å². The smallest absolute Gasteiger partial charge is 0.253 e. The molecule has 0 saturated carbocycles. The summed E-state index contributed by atoms with van der Waals surface area (Å²) < 4.78 is 0. The van der Waals surface area contributed by atoms with Gasteiger partial charge in [-0.05, 0) is 94.4 Å². The molecule has 0 radical (unpaired) electrons. The zero-order chi connectivity index (χ0) is 56.2. The number of ketones is 1. The van der Waals surface area contributed by atoms with Crippen molar-refractivity contribution in [2.75, 3.05) is 58.0 Å². The first-order valence-corrected chi connectivity index (χ1v) is 34.8. The number of likely N-dealkylation sites (tertiary alicyclic amines) is 3. The monoisotopic (exact) mass is 1590 g/mol. The van der Waals surface area contributed by atoms with Gasteiger partial charge in [0.15, 0.2) is 0 Å². The Morgan fingerprint density at radius 1 is 0.579 bits per heavy atom. The molecule has 6 saturated heterocycles. The molecule has 0 bridgehead atoms. The van der Waals surface area contributed by atoms with Gasteiger partial charge in [0.25, 0.3) is 11.8 Å². The first kappa shape index (κ1) is 65.6. The fourth-order valence-electron chi connectivity index (χ4n) is 8.99. The molecule has 9 aliphatic rings. The van der Waals surface area contributed by atoms with Gasteiger partial charge >= 0.3 is 0 Å². The summed E-state index contributed by atoms with van der Waals surface area (Å²) in [6, 6.07) is -1.46. The molecule has 18 nitrogen and oxygen atoms in total. The second kappa shape index (κ2) is 29.9. The van der Waals surface area contributed by atoms with E-state index in [9.17, 15) is 43.2 Å². The van der Waals surface area contributed by atoms with Crippen molar-refractivity contribution in [3.63, 3.8) is 0 Å². The van der Waals surface area contributed by atoms with E-state index in [1.165, 1.54) is 0 Å². The van der Waals surface area contributed by atoms with E-state index in [-0.39, 0.29) is 69.2 Å². The fraction of sp³-hybridized carbons (Fsp3) is 0.596. The molecule has 416 valence electrons. The zero-order valence-corrected chi connectivity index (χ0v) is 59.1. The van der Waals surface area contributed by atoms with Gasteiger partial charge in [0, 0.05) is 148 Å². The Balaban J connectivity index is 0.000000278. The van der Waals surface area contributed by atoms with Crippen molar-refractivity contribution in [2.45, 2.75) is 142 Å². The van der Waals surface area contributed by atoms with Crippen molar-refractivity contribution >= 4 is 126 Å². The summed E-state index contributed by atoms with van der Waals surface area (Å²) in [7, 11) is 5.41. The minimum Gasteiger partial charge on any atom is -0.664 e. The Kier molecular flexibility index (Phi) is 25.8. The maximum absolute atomic E-state index is 12.4. The predicted octanol–water partition coefficient (Wildman–Crippen LogP) is 7.28. The van der Waals surface area contributed by atoms with Crippen LogP contribution in [0.25, 0.3) is 5.73 Å². The number of Topliss-reactive ketones (excluding diaryl/α,β-unsaturated/α-hetero) is 1. The molecule has 9 heterocycles. The second-order valence-electron chi connectivity index (χ2n) is 18.7. The Labute approximate surface area is 479 Å². The van der Waals surface area contributed by atoms with Gasteiger partial charge in [-0.2, -0.15) is 0 Å². The molecule has 9 rings (SSSR count). The summed E-state index contributed by atoms with van der Waals surface area (Å²) in [5.74, 6) is 2.35. The molecule has 9 aliphatic heterocycles. The molecule has 0 spiro atoms. The molecule has 24 heteroatoms. The van der Waals surface area contributed by atoms with E-state index in [4.69, 9.17) is 5.73 Å². The number of nitrogens with one attached hydrogen (secondary N) is 3. The van der Waals surface area contributed by atoms with Gasteiger partial charge in [-0.25, -0.2) is 0 Å². The van der Waals surface area contributed by atoms with E-state index < -0.39 is 18.1 Å². The summed E-state index contributed by atoms with van der Waals surface area (Å²) in [6.07, 6.45) is 10.4. The third-order valence-electron chi connectivity index (χ3n) is 13.8. The summed E-state index contributed by atoms with van der Waals surface area (Å²) in [6.45, 7) is 19.2. The normalized spacial score (nSPS) is 26.7. The van der Waals surface area contributed by atoms with Gasteiger partial charge in [0.05, 0.1) is 5.37 Å². The number of β-lactam (4-membered cyclic amide) rings is 3. The number of amides is 8. The van der Waals surface area contributed by atoms with Crippen molar-refractivity contribution in [2.24, 2.45) is 0 Å². The molecule has 8 amide bonds. The molecule has 6 atom stereocenters. The average molecular weight is 1590 g/mol. The summed E-state index contributed by atoms with van der Waals surface area (Å²) in [5.41, 5.74) is 15.9. The number of carbonyl (C=O) groups is 9. The molecule has 0 aromatic carbocycles. The third kappa shape index (κ3) is 14.7. The quantitative estimate of drug-likeness (QED) is 0.132. The number of likely N-dealkylation sites (N-methyl/N-ethyl adjacent to an activating group) is 3. The molecular weight excluding hydrogens is 1510 g/mol. The van der Waals surface area contributed by atoms with E-state index in [1.54, 1.807) is 99.7 Å². The largest absolute Gasteiger partial charge is 0.664 e. The number of rotatable bonds is 9. The molecule has 6 fully saturated rings. The molecule has 76 heavy (non-hydrogen) atoms. The van der Waals surface area contributed by atoms with Crippen molar-refractivity contribution in [3.8, 4) is 0 Å². The Morgan fingerprint density at radius 3 is 1.18 bits per heavy atom. The second-order valence-corrected chi connectivity index (χ2v) is 22.0. The zero-order valence-electron chi connectivity index (χ0n) is 45.9. The number of thioether (sulfide) groups is 3. The van der Waals surface area contributed by atoms with E-state index in [0.717, 1.165) is 113 Å². The van der Waals surface area contributed by atoms with Gasteiger partial charge in [0.1, 0.15) is 28.6 Å². The van der Waals surface area contributed by atoms with E-state index in [1.807, 2.05) is 66.7 Å². The first-order valence-electron chi connectivity index (χ1n) is 25.4. The summed E-state index contributed by atoms with van der Waals surface area (Å²) in [4.78, 5) is 116. The van der Waals surface area contributed by atoms with Crippen LogP contribution in [-0.2, 0) is 43.2 Å². The van der Waals surface area contributed by atoms with Gasteiger partial charge in [0.2, 0.25) is 35.4 Å². The van der Waals surface area contributed by atoms with Crippen molar-refractivity contribution < 1.29 is 43.2 Å². The van der Waals surface area contributed by atoms with Gasteiger partial charge in [-0.1, -0.05) is 34.6 Å². The van der Waals surface area contributed by atoms with E-state index in [0.29, 0.717) is 19.3 Å². The van der Waals surface area contributed by atoms with Crippen LogP contribution in [0.2, 0.25) is 0 Å². The Bertz CT molecular complexity index is 2470. The van der Waals surface area contributed by atoms with Gasteiger partial charge < -0.3 is 40.8 Å². The maximum atomic E-state index is 12.4. The van der Waals surface area contributed by atoms with Crippen LogP contribution >= 0.6 is 72.5 Å². The minimum absolute atomic E-state index is 0. The molecule has 0 aliphatic carbocycles. The number of hydrogen-bond acceptors (Lipinski definition) is 12. The van der Waals surface area contributed by atoms with Gasteiger partial charge in [-0.15, -0.1) is 35.3 Å².